The van der Waals surface area contributed by atoms with E-state index in [0.717, 1.165) is 11.6 Å². The number of aliphatic carboxylic acids is 1. The van der Waals surface area contributed by atoms with Gasteiger partial charge in [-0.1, -0.05) is 12.1 Å². The van der Waals surface area contributed by atoms with Crippen LogP contribution in [0.5, 0.6) is 5.75 Å². The molecule has 0 spiro atoms. The molecule has 0 heterocycles. The van der Waals surface area contributed by atoms with Crippen LogP contribution in [-0.4, -0.2) is 16.3 Å². The van der Waals surface area contributed by atoms with Crippen LogP contribution in [0.1, 0.15) is 5.56 Å². The molecule has 0 amide bonds. The van der Waals surface area contributed by atoms with Gasteiger partial charge < -0.3 is 9.99 Å². The lowest BCUT2D eigenvalue weighted by Crippen LogP contribution is -1.86. The van der Waals surface area contributed by atoms with Gasteiger partial charge in [-0.2, -0.15) is 0 Å². The molecule has 0 saturated heterocycles. The largest absolute Gasteiger partial charge is 0.478 e. The van der Waals surface area contributed by atoms with Crippen molar-refractivity contribution in [3.8, 4) is 5.75 Å². The number of hydrogen-bond acceptors (Lipinski definition) is 3. The summed E-state index contributed by atoms with van der Waals surface area (Å²) in [5, 5.41) is 16.6. The van der Waals surface area contributed by atoms with Crippen LogP contribution in [0.15, 0.2) is 30.3 Å². The summed E-state index contributed by atoms with van der Waals surface area (Å²) in [6.07, 6.45) is 2.48. The van der Waals surface area contributed by atoms with Crippen molar-refractivity contribution < 1.29 is 20.0 Å². The highest BCUT2D eigenvalue weighted by Gasteiger charge is 1.92. The smallest absolute Gasteiger partial charge is 0.328 e. The normalized spacial score (nSPS) is 10.2. The second-order valence-corrected chi connectivity index (χ2v) is 2.33. The van der Waals surface area contributed by atoms with Crippen molar-refractivity contribution in [2.24, 2.45) is 0 Å². The van der Waals surface area contributed by atoms with Crippen molar-refractivity contribution in [2.75, 3.05) is 0 Å². The van der Waals surface area contributed by atoms with Crippen molar-refractivity contribution >= 4 is 12.0 Å². The fourth-order valence-corrected chi connectivity index (χ4v) is 0.807. The zero-order valence-corrected chi connectivity index (χ0v) is 6.68. The number of rotatable bonds is 3. The van der Waals surface area contributed by atoms with E-state index in [1.54, 1.807) is 12.1 Å². The van der Waals surface area contributed by atoms with Crippen LogP contribution < -0.4 is 4.89 Å². The van der Waals surface area contributed by atoms with Gasteiger partial charge in [0.05, 0.1) is 0 Å². The quantitative estimate of drug-likeness (QED) is 0.421. The summed E-state index contributed by atoms with van der Waals surface area (Å²) in [5.74, 6) is -0.685. The van der Waals surface area contributed by atoms with Gasteiger partial charge in [-0.3, -0.25) is 0 Å². The molecule has 0 radical (unpaired) electrons. The first-order chi connectivity index (χ1) is 6.22. The van der Waals surface area contributed by atoms with E-state index >= 15 is 0 Å². The van der Waals surface area contributed by atoms with Crippen LogP contribution in [0.4, 0.5) is 0 Å². The summed E-state index contributed by atoms with van der Waals surface area (Å²) < 4.78 is 0. The van der Waals surface area contributed by atoms with Crippen molar-refractivity contribution in [1.82, 2.24) is 0 Å². The SMILES string of the molecule is O=C(O)C=Cc1ccc(OO)cc1. The second kappa shape index (κ2) is 4.27. The summed E-state index contributed by atoms with van der Waals surface area (Å²) in [4.78, 5) is 14.1. The number of carboxylic acid groups (broad SMARTS) is 1. The Kier molecular flexibility index (Phi) is 3.05. The first-order valence-corrected chi connectivity index (χ1v) is 3.55. The van der Waals surface area contributed by atoms with Gasteiger partial charge in [0, 0.05) is 6.08 Å². The van der Waals surface area contributed by atoms with Gasteiger partial charge >= 0.3 is 5.97 Å². The van der Waals surface area contributed by atoms with Gasteiger partial charge in [0.15, 0.2) is 5.75 Å². The maximum atomic E-state index is 10.1. The van der Waals surface area contributed by atoms with Gasteiger partial charge in [-0.15, -0.1) is 0 Å². The first-order valence-electron chi connectivity index (χ1n) is 3.55. The zero-order valence-electron chi connectivity index (χ0n) is 6.68. The molecule has 1 aromatic rings. The molecule has 0 aliphatic heterocycles. The molecule has 0 aliphatic rings. The third-order valence-electron chi connectivity index (χ3n) is 1.40. The van der Waals surface area contributed by atoms with Crippen LogP contribution in [0.25, 0.3) is 6.08 Å². The van der Waals surface area contributed by atoms with E-state index in [4.69, 9.17) is 10.4 Å². The van der Waals surface area contributed by atoms with E-state index in [-0.39, 0.29) is 0 Å². The summed E-state index contributed by atoms with van der Waals surface area (Å²) in [6, 6.07) is 6.32. The molecule has 68 valence electrons. The van der Waals surface area contributed by atoms with Crippen LogP contribution >= 0.6 is 0 Å². The van der Waals surface area contributed by atoms with Gasteiger partial charge in [-0.25, -0.2) is 10.1 Å². The highest BCUT2D eigenvalue weighted by atomic mass is 17.1. The van der Waals surface area contributed by atoms with Crippen LogP contribution in [-0.2, 0) is 4.79 Å². The summed E-state index contributed by atoms with van der Waals surface area (Å²) in [6.45, 7) is 0. The number of carbonyl (C=O) groups is 1. The molecular formula is C9H8O4. The predicted octanol–water partition coefficient (Wildman–Crippen LogP) is 1.64. The Morgan fingerprint density at radius 2 is 1.92 bits per heavy atom. The molecule has 1 aromatic carbocycles. The molecule has 0 aromatic heterocycles. The Labute approximate surface area is 74.6 Å². The highest BCUT2D eigenvalue weighted by molar-refractivity contribution is 5.85. The molecule has 0 saturated carbocycles. The Balaban J connectivity index is 2.75. The highest BCUT2D eigenvalue weighted by Crippen LogP contribution is 2.11. The van der Waals surface area contributed by atoms with Crippen molar-refractivity contribution in [1.29, 1.82) is 0 Å². The Bertz CT molecular complexity index is 313. The summed E-state index contributed by atoms with van der Waals surface area (Å²) in [7, 11) is 0. The standard InChI is InChI=1S/C9H8O4/c10-9(11)6-3-7-1-4-8(13-12)5-2-7/h1-6,12H,(H,10,11). The maximum absolute atomic E-state index is 10.1. The molecule has 1 rings (SSSR count). The van der Waals surface area contributed by atoms with E-state index in [2.05, 4.69) is 4.89 Å². The van der Waals surface area contributed by atoms with E-state index in [9.17, 15) is 4.79 Å². The average Bonchev–Trinajstić information content (AvgIpc) is 2.15. The molecule has 0 atom stereocenters. The van der Waals surface area contributed by atoms with Crippen LogP contribution in [0.2, 0.25) is 0 Å². The molecule has 13 heavy (non-hydrogen) atoms. The van der Waals surface area contributed by atoms with Crippen molar-refractivity contribution in [3.63, 3.8) is 0 Å². The minimum Gasteiger partial charge on any atom is -0.478 e. The Morgan fingerprint density at radius 3 is 2.38 bits per heavy atom. The summed E-state index contributed by atoms with van der Waals surface area (Å²) in [5.41, 5.74) is 0.725. The average molecular weight is 180 g/mol. The maximum Gasteiger partial charge on any atom is 0.328 e. The van der Waals surface area contributed by atoms with Crippen LogP contribution in [0.3, 0.4) is 0 Å². The number of carboxylic acids is 1. The molecule has 4 heteroatoms. The fourth-order valence-electron chi connectivity index (χ4n) is 0.807. The molecule has 0 fully saturated rings. The molecule has 2 N–H and O–H groups in total. The Hall–Kier alpha value is -1.81. The molecule has 4 nitrogen and oxygen atoms in total. The predicted molar refractivity (Wildman–Crippen MR) is 46.4 cm³/mol. The third kappa shape index (κ3) is 2.96. The van der Waals surface area contributed by atoms with E-state index in [1.807, 2.05) is 0 Å². The minimum atomic E-state index is -0.998. The molecule has 0 aliphatic carbocycles. The van der Waals surface area contributed by atoms with Gasteiger partial charge in [-0.05, 0) is 23.8 Å². The summed E-state index contributed by atoms with van der Waals surface area (Å²) >= 11 is 0. The molecule has 0 bridgehead atoms. The van der Waals surface area contributed by atoms with Gasteiger partial charge in [0.2, 0.25) is 0 Å². The Morgan fingerprint density at radius 1 is 1.31 bits per heavy atom. The lowest BCUT2D eigenvalue weighted by molar-refractivity contribution is -0.137. The van der Waals surface area contributed by atoms with Crippen molar-refractivity contribution in [2.45, 2.75) is 0 Å². The zero-order chi connectivity index (χ0) is 9.68. The first kappa shape index (κ1) is 9.28. The number of hydrogen-bond donors (Lipinski definition) is 2. The number of benzene rings is 1. The second-order valence-electron chi connectivity index (χ2n) is 2.33. The monoisotopic (exact) mass is 180 g/mol. The van der Waals surface area contributed by atoms with Gasteiger partial charge in [0.1, 0.15) is 0 Å². The minimum absolute atomic E-state index is 0.312. The van der Waals surface area contributed by atoms with E-state index in [1.165, 1.54) is 18.2 Å². The van der Waals surface area contributed by atoms with E-state index in [0.29, 0.717) is 5.75 Å². The van der Waals surface area contributed by atoms with E-state index < -0.39 is 5.97 Å². The third-order valence-corrected chi connectivity index (χ3v) is 1.40. The topological polar surface area (TPSA) is 66.8 Å². The van der Waals surface area contributed by atoms with Crippen LogP contribution in [0, 0.1) is 0 Å². The molecular weight excluding hydrogens is 172 g/mol. The molecule has 0 unspecified atom stereocenters. The van der Waals surface area contributed by atoms with Gasteiger partial charge in [0.25, 0.3) is 0 Å². The lowest BCUT2D eigenvalue weighted by atomic mass is 10.2. The fraction of sp³-hybridized carbons (Fsp3) is 0. The lowest BCUT2D eigenvalue weighted by Gasteiger charge is -1.95. The van der Waals surface area contributed by atoms with Crippen molar-refractivity contribution in [3.05, 3.63) is 35.9 Å².